The lowest BCUT2D eigenvalue weighted by atomic mass is 9.84. The van der Waals surface area contributed by atoms with Gasteiger partial charge in [0.25, 0.3) is 0 Å². The molecule has 1 aromatic carbocycles. The van der Waals surface area contributed by atoms with Crippen molar-refractivity contribution < 1.29 is 4.79 Å². The van der Waals surface area contributed by atoms with Crippen molar-refractivity contribution in [2.45, 2.75) is 31.7 Å². The van der Waals surface area contributed by atoms with Gasteiger partial charge in [-0.25, -0.2) is 0 Å². The zero-order valence-electron chi connectivity index (χ0n) is 9.66. The van der Waals surface area contributed by atoms with Gasteiger partial charge in [0.05, 0.1) is 5.92 Å². The summed E-state index contributed by atoms with van der Waals surface area (Å²) in [5.41, 5.74) is 6.75. The van der Waals surface area contributed by atoms with Crippen LogP contribution in [0.25, 0.3) is 0 Å². The maximum atomic E-state index is 12.0. The van der Waals surface area contributed by atoms with Crippen LogP contribution in [0.4, 0.5) is 5.69 Å². The largest absolute Gasteiger partial charge is 0.327 e. The van der Waals surface area contributed by atoms with Gasteiger partial charge in [-0.15, -0.1) is 0 Å². The third-order valence-electron chi connectivity index (χ3n) is 3.27. The van der Waals surface area contributed by atoms with Gasteiger partial charge < -0.3 is 11.1 Å². The van der Waals surface area contributed by atoms with Crippen LogP contribution in [-0.4, -0.2) is 11.9 Å². The molecule has 2 atom stereocenters. The Bertz CT molecular complexity index is 391. The van der Waals surface area contributed by atoms with E-state index < -0.39 is 0 Å². The molecule has 0 heterocycles. The molecule has 0 spiro atoms. The average Bonchev–Trinajstić information content (AvgIpc) is 2.32. The first-order valence-electron chi connectivity index (χ1n) is 5.99. The summed E-state index contributed by atoms with van der Waals surface area (Å²) < 4.78 is 0. The fourth-order valence-corrected chi connectivity index (χ4v) is 2.38. The minimum absolute atomic E-state index is 0.00366. The smallest absolute Gasteiger partial charge is 0.229 e. The van der Waals surface area contributed by atoms with Crippen molar-refractivity contribution in [2.75, 3.05) is 5.32 Å². The Labute approximate surface area is 106 Å². The van der Waals surface area contributed by atoms with Gasteiger partial charge in [0, 0.05) is 16.8 Å². The Hall–Kier alpha value is -1.06. The number of nitrogens with two attached hydrogens (primary N) is 1. The maximum Gasteiger partial charge on any atom is 0.229 e. The topological polar surface area (TPSA) is 55.1 Å². The van der Waals surface area contributed by atoms with Gasteiger partial charge in [-0.3, -0.25) is 4.79 Å². The summed E-state index contributed by atoms with van der Waals surface area (Å²) in [7, 11) is 0. The lowest BCUT2D eigenvalue weighted by molar-refractivity contribution is -0.121. The van der Waals surface area contributed by atoms with Gasteiger partial charge in [0.15, 0.2) is 0 Å². The molecular formula is C13H17ClN2O. The van der Waals surface area contributed by atoms with Crippen molar-refractivity contribution in [1.29, 1.82) is 0 Å². The fraction of sp³-hybridized carbons (Fsp3) is 0.462. The van der Waals surface area contributed by atoms with Gasteiger partial charge in [0.1, 0.15) is 0 Å². The standard InChI is InChI=1S/C13H17ClN2O/c14-9-5-7-10(8-6-9)16-13(17)11-3-1-2-4-12(11)15/h5-8,11-12H,1-4,15H2,(H,16,17). The van der Waals surface area contributed by atoms with Crippen LogP contribution in [0, 0.1) is 5.92 Å². The molecule has 1 saturated carbocycles. The molecule has 17 heavy (non-hydrogen) atoms. The van der Waals surface area contributed by atoms with Crippen LogP contribution in [0.15, 0.2) is 24.3 Å². The maximum absolute atomic E-state index is 12.0. The van der Waals surface area contributed by atoms with Gasteiger partial charge in [-0.2, -0.15) is 0 Å². The second-order valence-corrected chi connectivity index (χ2v) is 4.99. The van der Waals surface area contributed by atoms with Crippen LogP contribution in [0.1, 0.15) is 25.7 Å². The molecule has 0 radical (unpaired) electrons. The van der Waals surface area contributed by atoms with Crippen LogP contribution in [0.2, 0.25) is 5.02 Å². The molecule has 0 saturated heterocycles. The number of carbonyl (C=O) groups is 1. The van der Waals surface area contributed by atoms with E-state index in [-0.39, 0.29) is 17.9 Å². The van der Waals surface area contributed by atoms with Gasteiger partial charge in [-0.1, -0.05) is 24.4 Å². The molecule has 1 amide bonds. The predicted octanol–water partition coefficient (Wildman–Crippen LogP) is 2.80. The molecule has 92 valence electrons. The molecule has 2 rings (SSSR count). The number of nitrogens with one attached hydrogen (secondary N) is 1. The number of anilines is 1. The van der Waals surface area contributed by atoms with Crippen LogP contribution in [0.5, 0.6) is 0 Å². The Morgan fingerprint density at radius 2 is 1.88 bits per heavy atom. The first-order chi connectivity index (χ1) is 8.16. The van der Waals surface area contributed by atoms with Crippen molar-refractivity contribution in [2.24, 2.45) is 11.7 Å². The van der Waals surface area contributed by atoms with E-state index in [1.165, 1.54) is 0 Å². The molecule has 1 aliphatic rings. The van der Waals surface area contributed by atoms with Crippen molar-refractivity contribution in [3.05, 3.63) is 29.3 Å². The molecule has 1 fully saturated rings. The second-order valence-electron chi connectivity index (χ2n) is 4.55. The van der Waals surface area contributed by atoms with Gasteiger partial charge in [-0.05, 0) is 37.1 Å². The van der Waals surface area contributed by atoms with Crippen LogP contribution in [-0.2, 0) is 4.79 Å². The molecule has 4 heteroatoms. The van der Waals surface area contributed by atoms with Crippen molar-refractivity contribution in [3.63, 3.8) is 0 Å². The van der Waals surface area contributed by atoms with E-state index in [9.17, 15) is 4.79 Å². The van der Waals surface area contributed by atoms with Crippen molar-refractivity contribution >= 4 is 23.2 Å². The first-order valence-corrected chi connectivity index (χ1v) is 6.36. The number of benzene rings is 1. The third kappa shape index (κ3) is 3.20. The fourth-order valence-electron chi connectivity index (χ4n) is 2.25. The van der Waals surface area contributed by atoms with E-state index in [2.05, 4.69) is 5.32 Å². The molecule has 3 nitrogen and oxygen atoms in total. The first kappa shape index (κ1) is 12.4. The average molecular weight is 253 g/mol. The minimum atomic E-state index is -0.0561. The van der Waals surface area contributed by atoms with Gasteiger partial charge in [0.2, 0.25) is 5.91 Å². The number of amides is 1. The molecule has 2 unspecified atom stereocenters. The lowest BCUT2D eigenvalue weighted by Crippen LogP contribution is -2.40. The highest BCUT2D eigenvalue weighted by atomic mass is 35.5. The molecule has 0 aliphatic heterocycles. The van der Waals surface area contributed by atoms with E-state index in [4.69, 9.17) is 17.3 Å². The molecule has 0 bridgehead atoms. The molecule has 3 N–H and O–H groups in total. The summed E-state index contributed by atoms with van der Waals surface area (Å²) in [5, 5.41) is 3.56. The summed E-state index contributed by atoms with van der Waals surface area (Å²) >= 11 is 5.79. The van der Waals surface area contributed by atoms with E-state index >= 15 is 0 Å². The van der Waals surface area contributed by atoms with E-state index in [0.29, 0.717) is 5.02 Å². The minimum Gasteiger partial charge on any atom is -0.327 e. The number of hydrogen-bond donors (Lipinski definition) is 2. The molecule has 1 aliphatic carbocycles. The van der Waals surface area contributed by atoms with Crippen molar-refractivity contribution in [1.82, 2.24) is 0 Å². The number of halogens is 1. The summed E-state index contributed by atoms with van der Waals surface area (Å²) in [6.07, 6.45) is 4.05. The highest BCUT2D eigenvalue weighted by molar-refractivity contribution is 6.30. The van der Waals surface area contributed by atoms with E-state index in [0.717, 1.165) is 31.4 Å². The van der Waals surface area contributed by atoms with Crippen LogP contribution >= 0.6 is 11.6 Å². The molecule has 0 aromatic heterocycles. The Kier molecular flexibility index (Phi) is 4.02. The van der Waals surface area contributed by atoms with Crippen LogP contribution < -0.4 is 11.1 Å². The van der Waals surface area contributed by atoms with Crippen molar-refractivity contribution in [3.8, 4) is 0 Å². The highest BCUT2D eigenvalue weighted by Gasteiger charge is 2.28. The zero-order valence-corrected chi connectivity index (χ0v) is 10.4. The quantitative estimate of drug-likeness (QED) is 0.850. The summed E-state index contributed by atoms with van der Waals surface area (Å²) in [6.45, 7) is 0. The SMILES string of the molecule is NC1CCCCC1C(=O)Nc1ccc(Cl)cc1. The molecular weight excluding hydrogens is 236 g/mol. The zero-order chi connectivity index (χ0) is 12.3. The number of hydrogen-bond acceptors (Lipinski definition) is 2. The Balaban J connectivity index is 1.98. The normalized spacial score (nSPS) is 24.4. The van der Waals surface area contributed by atoms with E-state index in [1.807, 2.05) is 0 Å². The number of carbonyl (C=O) groups excluding carboxylic acids is 1. The van der Waals surface area contributed by atoms with Gasteiger partial charge >= 0.3 is 0 Å². The van der Waals surface area contributed by atoms with Crippen LogP contribution in [0.3, 0.4) is 0 Å². The lowest BCUT2D eigenvalue weighted by Gasteiger charge is -2.27. The third-order valence-corrected chi connectivity index (χ3v) is 3.52. The molecule has 1 aromatic rings. The summed E-state index contributed by atoms with van der Waals surface area (Å²) in [4.78, 5) is 12.0. The second kappa shape index (κ2) is 5.52. The Morgan fingerprint density at radius 3 is 2.53 bits per heavy atom. The highest BCUT2D eigenvalue weighted by Crippen LogP contribution is 2.24. The summed E-state index contributed by atoms with van der Waals surface area (Å²) in [6, 6.07) is 7.12. The van der Waals surface area contributed by atoms with E-state index in [1.54, 1.807) is 24.3 Å². The monoisotopic (exact) mass is 252 g/mol. The number of rotatable bonds is 2. The predicted molar refractivity (Wildman–Crippen MR) is 70.0 cm³/mol. The summed E-state index contributed by atoms with van der Waals surface area (Å²) in [5.74, 6) is -0.0287. The Morgan fingerprint density at radius 1 is 1.24 bits per heavy atom.